The number of hydrogen-bond acceptors (Lipinski definition) is 3. The number of rotatable bonds is 15. The molecule has 0 fully saturated rings. The molecule has 0 saturated heterocycles. The molecule has 0 rings (SSSR count). The van der Waals surface area contributed by atoms with Crippen molar-refractivity contribution in [2.45, 2.75) is 96.2 Å². The summed E-state index contributed by atoms with van der Waals surface area (Å²) in [5.41, 5.74) is 0. The van der Waals surface area contributed by atoms with Gasteiger partial charge in [-0.15, -0.1) is 0 Å². The third kappa shape index (κ3) is 14.1. The maximum atomic E-state index is 10.3. The van der Waals surface area contributed by atoms with Crippen molar-refractivity contribution in [3.8, 4) is 0 Å². The summed E-state index contributed by atoms with van der Waals surface area (Å²) in [7, 11) is 0. The average molecular weight is 314 g/mol. The quantitative estimate of drug-likeness (QED) is 0.315. The first-order valence-corrected chi connectivity index (χ1v) is 8.80. The summed E-state index contributed by atoms with van der Waals surface area (Å²) in [5.74, 6) is -0.710. The van der Waals surface area contributed by atoms with Crippen LogP contribution in [-0.4, -0.2) is 33.5 Å². The van der Waals surface area contributed by atoms with E-state index < -0.39 is 18.2 Å². The predicted octanol–water partition coefficient (Wildman–Crippen LogP) is 4.05. The van der Waals surface area contributed by atoms with Crippen molar-refractivity contribution in [1.29, 1.82) is 0 Å². The van der Waals surface area contributed by atoms with Crippen molar-refractivity contribution in [3.63, 3.8) is 0 Å². The van der Waals surface area contributed by atoms with Crippen LogP contribution in [0.25, 0.3) is 0 Å². The normalized spacial score (nSPS) is 14.3. The number of aliphatic hydroxyl groups is 2. The van der Waals surface area contributed by atoms with Crippen LogP contribution < -0.4 is 0 Å². The fourth-order valence-electron chi connectivity index (χ4n) is 2.38. The number of hydrogen-bond donors (Lipinski definition) is 3. The summed E-state index contributed by atoms with van der Waals surface area (Å²) in [5, 5.41) is 28.1. The van der Waals surface area contributed by atoms with Crippen molar-refractivity contribution in [2.24, 2.45) is 0 Å². The van der Waals surface area contributed by atoms with Crippen molar-refractivity contribution < 1.29 is 20.1 Å². The highest BCUT2D eigenvalue weighted by atomic mass is 16.4. The second-order valence-electron chi connectivity index (χ2n) is 6.04. The molecule has 0 saturated carbocycles. The Morgan fingerprint density at radius 1 is 0.909 bits per heavy atom. The summed E-state index contributed by atoms with van der Waals surface area (Å²) < 4.78 is 0. The Balaban J connectivity index is 3.43. The van der Waals surface area contributed by atoms with Crippen LogP contribution in [0.3, 0.4) is 0 Å². The SMILES string of the molecule is CCCCC[C@H](O)[C@H](O)C/C=C\CCCCCCCC(=O)O. The van der Waals surface area contributed by atoms with E-state index in [0.717, 1.165) is 57.8 Å². The Labute approximate surface area is 135 Å². The first-order valence-electron chi connectivity index (χ1n) is 8.80. The van der Waals surface area contributed by atoms with E-state index in [1.807, 2.05) is 6.08 Å². The van der Waals surface area contributed by atoms with Gasteiger partial charge in [-0.3, -0.25) is 4.79 Å². The van der Waals surface area contributed by atoms with Gasteiger partial charge in [0.25, 0.3) is 0 Å². The van der Waals surface area contributed by atoms with Crippen molar-refractivity contribution in [3.05, 3.63) is 12.2 Å². The molecule has 0 radical (unpaired) electrons. The third-order valence-electron chi connectivity index (χ3n) is 3.85. The number of aliphatic carboxylic acids is 1. The molecule has 4 heteroatoms. The minimum Gasteiger partial charge on any atom is -0.481 e. The van der Waals surface area contributed by atoms with Gasteiger partial charge in [-0.2, -0.15) is 0 Å². The van der Waals surface area contributed by atoms with Crippen LogP contribution in [0.5, 0.6) is 0 Å². The molecule has 22 heavy (non-hydrogen) atoms. The maximum absolute atomic E-state index is 10.3. The van der Waals surface area contributed by atoms with Gasteiger partial charge in [0.05, 0.1) is 12.2 Å². The number of carboxylic acid groups (broad SMARTS) is 1. The molecular formula is C18H34O4. The largest absolute Gasteiger partial charge is 0.481 e. The van der Waals surface area contributed by atoms with E-state index >= 15 is 0 Å². The second kappa shape index (κ2) is 15.0. The molecule has 0 bridgehead atoms. The average Bonchev–Trinajstić information content (AvgIpc) is 2.48. The number of unbranched alkanes of at least 4 members (excludes halogenated alkanes) is 7. The van der Waals surface area contributed by atoms with E-state index in [-0.39, 0.29) is 6.42 Å². The van der Waals surface area contributed by atoms with Gasteiger partial charge in [-0.1, -0.05) is 57.6 Å². The third-order valence-corrected chi connectivity index (χ3v) is 3.85. The summed E-state index contributed by atoms with van der Waals surface area (Å²) >= 11 is 0. The van der Waals surface area contributed by atoms with Gasteiger partial charge in [-0.05, 0) is 32.1 Å². The monoisotopic (exact) mass is 314 g/mol. The van der Waals surface area contributed by atoms with E-state index in [4.69, 9.17) is 5.11 Å². The van der Waals surface area contributed by atoms with Crippen LogP contribution in [0.4, 0.5) is 0 Å². The molecule has 130 valence electrons. The van der Waals surface area contributed by atoms with Gasteiger partial charge in [0.2, 0.25) is 0 Å². The van der Waals surface area contributed by atoms with Gasteiger partial charge in [-0.25, -0.2) is 0 Å². The van der Waals surface area contributed by atoms with Gasteiger partial charge in [0.1, 0.15) is 0 Å². The van der Waals surface area contributed by atoms with Crippen LogP contribution in [0.1, 0.15) is 84.0 Å². The zero-order valence-corrected chi connectivity index (χ0v) is 14.0. The van der Waals surface area contributed by atoms with Crippen molar-refractivity contribution in [2.75, 3.05) is 0 Å². The molecule has 0 unspecified atom stereocenters. The number of carboxylic acids is 1. The Morgan fingerprint density at radius 2 is 1.59 bits per heavy atom. The molecule has 0 heterocycles. The molecule has 0 aromatic carbocycles. The Morgan fingerprint density at radius 3 is 2.27 bits per heavy atom. The van der Waals surface area contributed by atoms with Crippen LogP contribution in [0.15, 0.2) is 12.2 Å². The molecule has 0 spiro atoms. The smallest absolute Gasteiger partial charge is 0.303 e. The second-order valence-corrected chi connectivity index (χ2v) is 6.04. The number of carbonyl (C=O) groups is 1. The lowest BCUT2D eigenvalue weighted by molar-refractivity contribution is -0.137. The molecule has 4 nitrogen and oxygen atoms in total. The standard InChI is InChI=1S/C18H34O4/c1-2-3-10-13-16(19)17(20)14-11-8-6-4-5-7-9-12-15-18(21)22/h8,11,16-17,19-20H,2-7,9-10,12-15H2,1H3,(H,21,22)/b11-8-/t16-,17+/m0/s1. The maximum Gasteiger partial charge on any atom is 0.303 e. The minimum atomic E-state index is -0.710. The van der Waals surface area contributed by atoms with E-state index in [9.17, 15) is 15.0 Å². The van der Waals surface area contributed by atoms with Gasteiger partial charge < -0.3 is 15.3 Å². The predicted molar refractivity (Wildman–Crippen MR) is 89.9 cm³/mol. The van der Waals surface area contributed by atoms with Crippen molar-refractivity contribution >= 4 is 5.97 Å². The lowest BCUT2D eigenvalue weighted by Gasteiger charge is -2.15. The van der Waals surface area contributed by atoms with E-state index in [1.165, 1.54) is 0 Å². The van der Waals surface area contributed by atoms with Crippen molar-refractivity contribution in [1.82, 2.24) is 0 Å². The highest BCUT2D eigenvalue weighted by Crippen LogP contribution is 2.11. The van der Waals surface area contributed by atoms with Crippen LogP contribution in [-0.2, 0) is 4.79 Å². The van der Waals surface area contributed by atoms with E-state index in [0.29, 0.717) is 12.8 Å². The molecule has 0 aromatic rings. The summed E-state index contributed by atoms with van der Waals surface area (Å²) in [6.07, 6.45) is 13.5. The van der Waals surface area contributed by atoms with Gasteiger partial charge in [0, 0.05) is 6.42 Å². The zero-order valence-electron chi connectivity index (χ0n) is 14.0. The first-order chi connectivity index (χ1) is 10.6. The Kier molecular flexibility index (Phi) is 14.4. The molecular weight excluding hydrogens is 280 g/mol. The molecule has 0 aliphatic heterocycles. The molecule has 3 N–H and O–H groups in total. The molecule has 0 aliphatic rings. The first kappa shape index (κ1) is 21.1. The fraction of sp³-hybridized carbons (Fsp3) is 0.833. The molecule has 0 aliphatic carbocycles. The van der Waals surface area contributed by atoms with Crippen LogP contribution in [0, 0.1) is 0 Å². The van der Waals surface area contributed by atoms with E-state index in [2.05, 4.69) is 13.0 Å². The van der Waals surface area contributed by atoms with Crippen LogP contribution >= 0.6 is 0 Å². The molecule has 0 amide bonds. The summed E-state index contributed by atoms with van der Waals surface area (Å²) in [6, 6.07) is 0. The summed E-state index contributed by atoms with van der Waals surface area (Å²) in [4.78, 5) is 10.3. The van der Waals surface area contributed by atoms with Crippen LogP contribution in [0.2, 0.25) is 0 Å². The highest BCUT2D eigenvalue weighted by molar-refractivity contribution is 5.66. The lowest BCUT2D eigenvalue weighted by Crippen LogP contribution is -2.25. The minimum absolute atomic E-state index is 0.276. The van der Waals surface area contributed by atoms with E-state index in [1.54, 1.807) is 0 Å². The highest BCUT2D eigenvalue weighted by Gasteiger charge is 2.13. The Hall–Kier alpha value is -0.870. The lowest BCUT2D eigenvalue weighted by atomic mass is 10.0. The topological polar surface area (TPSA) is 77.8 Å². The van der Waals surface area contributed by atoms with Gasteiger partial charge in [0.15, 0.2) is 0 Å². The number of allylic oxidation sites excluding steroid dienone is 1. The van der Waals surface area contributed by atoms with Gasteiger partial charge >= 0.3 is 5.97 Å². The zero-order chi connectivity index (χ0) is 16.6. The fourth-order valence-corrected chi connectivity index (χ4v) is 2.38. The Bertz CT molecular complexity index is 289. The molecule has 2 atom stereocenters. The molecule has 0 aromatic heterocycles. The number of aliphatic hydroxyl groups excluding tert-OH is 2. The summed E-state index contributed by atoms with van der Waals surface area (Å²) in [6.45, 7) is 2.12.